The van der Waals surface area contributed by atoms with Crippen molar-refractivity contribution in [2.45, 2.75) is 63.1 Å². The van der Waals surface area contributed by atoms with E-state index in [1.165, 1.54) is 4.90 Å². The van der Waals surface area contributed by atoms with E-state index in [0.717, 1.165) is 24.0 Å². The predicted octanol–water partition coefficient (Wildman–Crippen LogP) is 2.60. The molecule has 3 aliphatic rings. The summed E-state index contributed by atoms with van der Waals surface area (Å²) in [5.41, 5.74) is 1.52. The molecule has 3 heterocycles. The zero-order chi connectivity index (χ0) is 25.4. The van der Waals surface area contributed by atoms with Crippen molar-refractivity contribution >= 4 is 17.9 Å². The molecule has 2 saturated carbocycles. The van der Waals surface area contributed by atoms with E-state index >= 15 is 0 Å². The van der Waals surface area contributed by atoms with Crippen molar-refractivity contribution in [2.75, 3.05) is 13.1 Å². The smallest absolute Gasteiger partial charge is 0.410 e. The molecule has 190 valence electrons. The molecule has 0 aromatic carbocycles. The molecule has 2 aromatic heterocycles. The number of ether oxygens (including phenoxy) is 1. The minimum absolute atomic E-state index is 0.0133. The number of likely N-dealkylation sites (tertiary alicyclic amines) is 1. The van der Waals surface area contributed by atoms with Gasteiger partial charge in [-0.05, 0) is 56.9 Å². The third-order valence-corrected chi connectivity index (χ3v) is 7.11. The Morgan fingerprint density at radius 3 is 1.72 bits per heavy atom. The lowest BCUT2D eigenvalue weighted by molar-refractivity contribution is -0.133. The van der Waals surface area contributed by atoms with Crippen molar-refractivity contribution in [2.24, 2.45) is 11.8 Å². The van der Waals surface area contributed by atoms with Gasteiger partial charge in [0.2, 0.25) is 11.8 Å². The van der Waals surface area contributed by atoms with Crippen LogP contribution in [0.15, 0.2) is 49.1 Å². The van der Waals surface area contributed by atoms with Crippen molar-refractivity contribution < 1.29 is 19.1 Å². The molecule has 9 nitrogen and oxygen atoms in total. The summed E-state index contributed by atoms with van der Waals surface area (Å²) in [4.78, 5) is 49.2. The zero-order valence-corrected chi connectivity index (χ0v) is 20.9. The van der Waals surface area contributed by atoms with Gasteiger partial charge in [0.25, 0.3) is 0 Å². The maximum atomic E-state index is 13.3. The molecule has 0 spiro atoms. The second-order valence-corrected chi connectivity index (χ2v) is 11.1. The monoisotopic (exact) mass is 491 g/mol. The molecule has 2 N–H and O–H groups in total. The van der Waals surface area contributed by atoms with Crippen LogP contribution in [0.1, 0.15) is 56.6 Å². The first kappa shape index (κ1) is 24.2. The summed E-state index contributed by atoms with van der Waals surface area (Å²) < 4.78 is 5.52. The molecule has 1 aliphatic heterocycles. The number of nitrogens with zero attached hydrogens (tertiary/aromatic N) is 3. The van der Waals surface area contributed by atoms with Crippen LogP contribution < -0.4 is 10.6 Å². The topological polar surface area (TPSA) is 114 Å². The number of amides is 3. The summed E-state index contributed by atoms with van der Waals surface area (Å²) in [5.74, 6) is -1.21. The number of carbonyl (C=O) groups is 3. The van der Waals surface area contributed by atoms with Crippen LogP contribution in [0.3, 0.4) is 0 Å². The Balaban J connectivity index is 1.24. The van der Waals surface area contributed by atoms with Crippen LogP contribution in [0.25, 0.3) is 0 Å². The Hall–Kier alpha value is -3.49. The van der Waals surface area contributed by atoms with Gasteiger partial charge >= 0.3 is 6.09 Å². The maximum absolute atomic E-state index is 13.3. The largest absolute Gasteiger partial charge is 0.444 e. The highest BCUT2D eigenvalue weighted by molar-refractivity contribution is 5.90. The fourth-order valence-electron chi connectivity index (χ4n) is 5.03. The normalized spacial score (nSPS) is 28.8. The van der Waals surface area contributed by atoms with Crippen LogP contribution >= 0.6 is 0 Å². The zero-order valence-electron chi connectivity index (χ0n) is 20.9. The number of hydrogen-bond donors (Lipinski definition) is 2. The van der Waals surface area contributed by atoms with E-state index in [9.17, 15) is 14.4 Å². The highest BCUT2D eigenvalue weighted by Crippen LogP contribution is 2.42. The van der Waals surface area contributed by atoms with E-state index < -0.39 is 23.5 Å². The average Bonchev–Trinajstić information content (AvgIpc) is 3.74. The molecule has 3 fully saturated rings. The third-order valence-electron chi connectivity index (χ3n) is 7.11. The van der Waals surface area contributed by atoms with Crippen molar-refractivity contribution in [1.82, 2.24) is 25.5 Å². The quantitative estimate of drug-likeness (QED) is 0.642. The summed E-state index contributed by atoms with van der Waals surface area (Å²) in [6.07, 6.45) is 8.27. The van der Waals surface area contributed by atoms with Crippen molar-refractivity contribution in [1.29, 1.82) is 0 Å². The SMILES string of the molecule is CC(C)(C)OC(=O)N1C[C@@H](C(=O)N[C@H]2C[C@@H]2c2cccnc2)[C@H](C(=O)N[C@H]2C[C@@H]2c2cccnc2)C1. The molecule has 9 heteroatoms. The first-order valence-corrected chi connectivity index (χ1v) is 12.6. The summed E-state index contributed by atoms with van der Waals surface area (Å²) in [7, 11) is 0. The van der Waals surface area contributed by atoms with E-state index in [4.69, 9.17) is 4.74 Å². The van der Waals surface area contributed by atoms with Crippen LogP contribution in [0.4, 0.5) is 4.79 Å². The highest BCUT2D eigenvalue weighted by atomic mass is 16.6. The second-order valence-electron chi connectivity index (χ2n) is 11.1. The minimum atomic E-state index is -0.662. The van der Waals surface area contributed by atoms with Gasteiger partial charge in [-0.25, -0.2) is 4.79 Å². The Kier molecular flexibility index (Phi) is 6.40. The van der Waals surface area contributed by atoms with E-state index in [2.05, 4.69) is 20.6 Å². The number of nitrogens with one attached hydrogen (secondary N) is 2. The first-order valence-electron chi connectivity index (χ1n) is 12.6. The molecule has 5 rings (SSSR count). The lowest BCUT2D eigenvalue weighted by Crippen LogP contribution is -2.43. The van der Waals surface area contributed by atoms with Crippen LogP contribution in [-0.2, 0) is 14.3 Å². The molecule has 6 atom stereocenters. The Morgan fingerprint density at radius 2 is 1.33 bits per heavy atom. The van der Waals surface area contributed by atoms with Crippen molar-refractivity contribution in [3.05, 3.63) is 60.2 Å². The molecular formula is C27H33N5O4. The Bertz CT molecular complexity index is 1040. The van der Waals surface area contributed by atoms with Crippen LogP contribution in [0.2, 0.25) is 0 Å². The van der Waals surface area contributed by atoms with E-state index in [-0.39, 0.29) is 48.8 Å². The average molecular weight is 492 g/mol. The van der Waals surface area contributed by atoms with Gasteiger partial charge in [0.05, 0.1) is 11.8 Å². The fourth-order valence-corrected chi connectivity index (χ4v) is 5.03. The summed E-state index contributed by atoms with van der Waals surface area (Å²) in [5, 5.41) is 6.21. The summed E-state index contributed by atoms with van der Waals surface area (Å²) in [6.45, 7) is 5.70. The van der Waals surface area contributed by atoms with Crippen molar-refractivity contribution in [3.63, 3.8) is 0 Å². The lowest BCUT2D eigenvalue weighted by atomic mass is 9.94. The molecule has 0 unspecified atom stereocenters. The van der Waals surface area contributed by atoms with E-state index in [1.807, 2.05) is 36.7 Å². The van der Waals surface area contributed by atoms with Gasteiger partial charge in [-0.1, -0.05) is 12.1 Å². The Morgan fingerprint density at radius 1 is 0.861 bits per heavy atom. The van der Waals surface area contributed by atoms with Gasteiger partial charge in [0, 0.05) is 61.8 Å². The summed E-state index contributed by atoms with van der Waals surface area (Å²) >= 11 is 0. The van der Waals surface area contributed by atoms with Gasteiger partial charge in [-0.2, -0.15) is 0 Å². The predicted molar refractivity (Wildman–Crippen MR) is 132 cm³/mol. The molecule has 0 bridgehead atoms. The molecule has 36 heavy (non-hydrogen) atoms. The first-order chi connectivity index (χ1) is 17.2. The third kappa shape index (κ3) is 5.50. The molecule has 2 aromatic rings. The number of aromatic nitrogens is 2. The molecule has 3 amide bonds. The maximum Gasteiger partial charge on any atom is 0.410 e. The van der Waals surface area contributed by atoms with Crippen molar-refractivity contribution in [3.8, 4) is 0 Å². The van der Waals surface area contributed by atoms with E-state index in [0.29, 0.717) is 0 Å². The van der Waals surface area contributed by atoms with Crippen LogP contribution in [0, 0.1) is 11.8 Å². The highest BCUT2D eigenvalue weighted by Gasteiger charge is 2.49. The second kappa shape index (κ2) is 9.52. The van der Waals surface area contributed by atoms with Gasteiger partial charge in [-0.3, -0.25) is 19.6 Å². The van der Waals surface area contributed by atoms with Gasteiger partial charge in [-0.15, -0.1) is 0 Å². The Labute approximate surface area is 211 Å². The molecular weight excluding hydrogens is 458 g/mol. The van der Waals surface area contributed by atoms with Gasteiger partial charge in [0.1, 0.15) is 5.60 Å². The van der Waals surface area contributed by atoms with Crippen LogP contribution in [0.5, 0.6) is 0 Å². The summed E-state index contributed by atoms with van der Waals surface area (Å²) in [6, 6.07) is 7.82. The number of pyridine rings is 2. The van der Waals surface area contributed by atoms with Crippen LogP contribution in [-0.4, -0.2) is 63.5 Å². The van der Waals surface area contributed by atoms with Gasteiger partial charge in [0.15, 0.2) is 0 Å². The number of rotatable bonds is 6. The molecule has 1 saturated heterocycles. The number of hydrogen-bond acceptors (Lipinski definition) is 6. The van der Waals surface area contributed by atoms with Gasteiger partial charge < -0.3 is 20.3 Å². The molecule has 0 radical (unpaired) electrons. The minimum Gasteiger partial charge on any atom is -0.444 e. The number of carbonyl (C=O) groups excluding carboxylic acids is 3. The standard InChI is InChI=1S/C27H33N5O4/c1-27(2,3)36-26(35)32-14-20(24(33)30-22-10-18(22)16-6-4-8-28-12-16)21(15-32)25(34)31-23-11-19(23)17-7-5-9-29-13-17/h4-9,12-13,18-23H,10-11,14-15H2,1-3H3,(H,30,33)(H,31,34)/t18-,19-,20-,21-,22+,23+/m1/s1. The molecule has 2 aliphatic carbocycles. The van der Waals surface area contributed by atoms with E-state index in [1.54, 1.807) is 33.2 Å². The fraction of sp³-hybridized carbons (Fsp3) is 0.519. The lowest BCUT2D eigenvalue weighted by Gasteiger charge is -2.24.